The average Bonchev–Trinajstić information content (AvgIpc) is 3.10. The lowest BCUT2D eigenvalue weighted by Gasteiger charge is -2.22. The van der Waals surface area contributed by atoms with E-state index in [9.17, 15) is 0 Å². The quantitative estimate of drug-likeness (QED) is 0.458. The van der Waals surface area contributed by atoms with E-state index in [1.165, 1.54) is 43.6 Å². The van der Waals surface area contributed by atoms with Crippen LogP contribution < -0.4 is 15.5 Å². The van der Waals surface area contributed by atoms with E-state index in [2.05, 4.69) is 65.6 Å². The summed E-state index contributed by atoms with van der Waals surface area (Å²) in [5, 5.41) is 6.87. The number of nitrogens with zero attached hydrogens (tertiary/aromatic N) is 2. The standard InChI is InChI=1S/C19H32N4/c1-4-6-12-21-19(20-5-2)22-16(3)17-10-9-11-18(15-17)23-13-7-8-14-23/h9-11,15-16H,4-8,12-14H2,1-3H3,(H2,20,21,22). The smallest absolute Gasteiger partial charge is 0.191 e. The van der Waals surface area contributed by atoms with E-state index in [0.717, 1.165) is 25.5 Å². The maximum Gasteiger partial charge on any atom is 0.191 e. The Kier molecular flexibility index (Phi) is 7.24. The third-order valence-electron chi connectivity index (χ3n) is 4.32. The van der Waals surface area contributed by atoms with Gasteiger partial charge in [0, 0.05) is 31.9 Å². The predicted octanol–water partition coefficient (Wildman–Crippen LogP) is 3.70. The molecular formula is C19H32N4. The number of guanidine groups is 1. The van der Waals surface area contributed by atoms with Gasteiger partial charge >= 0.3 is 0 Å². The molecule has 2 rings (SSSR count). The molecule has 0 saturated carbocycles. The van der Waals surface area contributed by atoms with Gasteiger partial charge in [-0.2, -0.15) is 0 Å². The maximum atomic E-state index is 4.65. The Morgan fingerprint density at radius 1 is 1.26 bits per heavy atom. The van der Waals surface area contributed by atoms with Crippen molar-refractivity contribution in [1.82, 2.24) is 10.6 Å². The van der Waals surface area contributed by atoms with Gasteiger partial charge in [-0.15, -0.1) is 0 Å². The number of aliphatic imine (C=N–C) groups is 1. The molecule has 0 amide bonds. The highest BCUT2D eigenvalue weighted by Crippen LogP contribution is 2.23. The molecule has 128 valence electrons. The third kappa shape index (κ3) is 5.45. The van der Waals surface area contributed by atoms with Gasteiger partial charge in [0.15, 0.2) is 5.96 Å². The zero-order valence-electron chi connectivity index (χ0n) is 14.9. The molecule has 1 atom stereocenters. The van der Waals surface area contributed by atoms with Gasteiger partial charge in [-0.1, -0.05) is 25.5 Å². The predicted molar refractivity (Wildman–Crippen MR) is 100 cm³/mol. The zero-order valence-corrected chi connectivity index (χ0v) is 14.9. The van der Waals surface area contributed by atoms with Crippen molar-refractivity contribution in [1.29, 1.82) is 0 Å². The summed E-state index contributed by atoms with van der Waals surface area (Å²) in [4.78, 5) is 7.14. The molecule has 4 heteroatoms. The Morgan fingerprint density at radius 2 is 2.04 bits per heavy atom. The van der Waals surface area contributed by atoms with Gasteiger partial charge in [0.05, 0.1) is 6.04 Å². The molecule has 1 heterocycles. The lowest BCUT2D eigenvalue weighted by molar-refractivity contribution is 0.682. The molecule has 0 aromatic heterocycles. The topological polar surface area (TPSA) is 39.7 Å². The van der Waals surface area contributed by atoms with Crippen LogP contribution in [0.4, 0.5) is 5.69 Å². The van der Waals surface area contributed by atoms with Crippen LogP contribution in [-0.4, -0.2) is 32.1 Å². The fourth-order valence-corrected chi connectivity index (χ4v) is 2.92. The minimum absolute atomic E-state index is 0.247. The van der Waals surface area contributed by atoms with E-state index in [1.807, 2.05) is 0 Å². The molecule has 0 bridgehead atoms. The van der Waals surface area contributed by atoms with Gasteiger partial charge in [0.2, 0.25) is 0 Å². The molecule has 1 fully saturated rings. The number of rotatable bonds is 7. The van der Waals surface area contributed by atoms with Crippen molar-refractivity contribution < 1.29 is 0 Å². The molecule has 1 saturated heterocycles. The molecule has 2 N–H and O–H groups in total. The van der Waals surface area contributed by atoms with Gasteiger partial charge in [-0.05, 0) is 50.8 Å². The summed E-state index contributed by atoms with van der Waals surface area (Å²) in [6.07, 6.45) is 4.94. The number of unbranched alkanes of at least 4 members (excludes halogenated alkanes) is 1. The first kappa shape index (κ1) is 17.6. The van der Waals surface area contributed by atoms with Crippen LogP contribution in [0, 0.1) is 0 Å². The highest BCUT2D eigenvalue weighted by atomic mass is 15.2. The summed E-state index contributed by atoms with van der Waals surface area (Å²) in [6.45, 7) is 10.7. The molecule has 0 aliphatic carbocycles. The minimum Gasteiger partial charge on any atom is -0.372 e. The zero-order chi connectivity index (χ0) is 16.5. The largest absolute Gasteiger partial charge is 0.372 e. The first-order valence-electron chi connectivity index (χ1n) is 9.14. The van der Waals surface area contributed by atoms with E-state index < -0.39 is 0 Å². The van der Waals surface area contributed by atoms with E-state index in [-0.39, 0.29) is 6.04 Å². The molecule has 1 aliphatic rings. The van der Waals surface area contributed by atoms with Crippen LogP contribution in [0.15, 0.2) is 29.3 Å². The van der Waals surface area contributed by atoms with Gasteiger partial charge in [-0.3, -0.25) is 4.99 Å². The summed E-state index contributed by atoms with van der Waals surface area (Å²) < 4.78 is 0. The molecule has 1 aliphatic heterocycles. The van der Waals surface area contributed by atoms with Crippen LogP contribution in [-0.2, 0) is 0 Å². The molecule has 0 radical (unpaired) electrons. The summed E-state index contributed by atoms with van der Waals surface area (Å²) in [5.74, 6) is 0.917. The fourth-order valence-electron chi connectivity index (χ4n) is 2.92. The Labute approximate surface area is 141 Å². The second kappa shape index (κ2) is 9.43. The highest BCUT2D eigenvalue weighted by Gasteiger charge is 2.14. The van der Waals surface area contributed by atoms with Crippen LogP contribution >= 0.6 is 0 Å². The number of benzene rings is 1. The molecule has 1 aromatic carbocycles. The van der Waals surface area contributed by atoms with E-state index >= 15 is 0 Å². The Morgan fingerprint density at radius 3 is 2.74 bits per heavy atom. The molecular weight excluding hydrogens is 284 g/mol. The Hall–Kier alpha value is -1.71. The molecule has 4 nitrogen and oxygen atoms in total. The summed E-state index contributed by atoms with van der Waals surface area (Å²) in [6, 6.07) is 9.16. The second-order valence-corrected chi connectivity index (χ2v) is 6.27. The summed E-state index contributed by atoms with van der Waals surface area (Å²) >= 11 is 0. The van der Waals surface area contributed by atoms with E-state index in [1.54, 1.807) is 0 Å². The van der Waals surface area contributed by atoms with Crippen LogP contribution in [0.3, 0.4) is 0 Å². The molecule has 0 spiro atoms. The monoisotopic (exact) mass is 316 g/mol. The van der Waals surface area contributed by atoms with Crippen molar-refractivity contribution in [2.75, 3.05) is 31.1 Å². The number of nitrogens with one attached hydrogen (secondary N) is 2. The number of anilines is 1. The van der Waals surface area contributed by atoms with Crippen molar-refractivity contribution in [3.05, 3.63) is 29.8 Å². The van der Waals surface area contributed by atoms with Crippen LogP contribution in [0.25, 0.3) is 0 Å². The average molecular weight is 316 g/mol. The summed E-state index contributed by atoms with van der Waals surface area (Å²) in [7, 11) is 0. The van der Waals surface area contributed by atoms with Crippen molar-refractivity contribution in [3.8, 4) is 0 Å². The van der Waals surface area contributed by atoms with Gasteiger partial charge in [0.1, 0.15) is 0 Å². The van der Waals surface area contributed by atoms with Gasteiger partial charge in [-0.25, -0.2) is 0 Å². The highest BCUT2D eigenvalue weighted by molar-refractivity contribution is 5.80. The first-order valence-corrected chi connectivity index (χ1v) is 9.14. The fraction of sp³-hybridized carbons (Fsp3) is 0.632. The van der Waals surface area contributed by atoms with Crippen LogP contribution in [0.2, 0.25) is 0 Å². The van der Waals surface area contributed by atoms with Crippen LogP contribution in [0.5, 0.6) is 0 Å². The van der Waals surface area contributed by atoms with Crippen molar-refractivity contribution in [2.45, 2.75) is 52.5 Å². The first-order chi connectivity index (χ1) is 11.2. The van der Waals surface area contributed by atoms with Gasteiger partial charge in [0.25, 0.3) is 0 Å². The Balaban J connectivity index is 2.01. The van der Waals surface area contributed by atoms with Gasteiger partial charge < -0.3 is 15.5 Å². The van der Waals surface area contributed by atoms with Crippen LogP contribution in [0.1, 0.15) is 58.1 Å². The summed E-state index contributed by atoms with van der Waals surface area (Å²) in [5.41, 5.74) is 2.66. The second-order valence-electron chi connectivity index (χ2n) is 6.27. The van der Waals surface area contributed by atoms with Crippen molar-refractivity contribution in [2.24, 2.45) is 4.99 Å². The van der Waals surface area contributed by atoms with Crippen molar-refractivity contribution in [3.63, 3.8) is 0 Å². The lowest BCUT2D eigenvalue weighted by atomic mass is 10.1. The number of hydrogen-bond donors (Lipinski definition) is 2. The third-order valence-corrected chi connectivity index (χ3v) is 4.32. The van der Waals surface area contributed by atoms with Crippen molar-refractivity contribution >= 4 is 11.6 Å². The van der Waals surface area contributed by atoms with E-state index in [4.69, 9.17) is 0 Å². The minimum atomic E-state index is 0.247. The lowest BCUT2D eigenvalue weighted by Crippen LogP contribution is -2.38. The maximum absolute atomic E-state index is 4.65. The van der Waals surface area contributed by atoms with E-state index in [0.29, 0.717) is 0 Å². The molecule has 23 heavy (non-hydrogen) atoms. The Bertz CT molecular complexity index is 492. The SMILES string of the molecule is CCCCN=C(NCC)NC(C)c1cccc(N2CCCC2)c1. The molecule has 1 aromatic rings. The normalized spacial score (nSPS) is 16.5. The molecule has 1 unspecified atom stereocenters. The number of hydrogen-bond acceptors (Lipinski definition) is 2.